The molecule has 0 aliphatic heterocycles. The number of benzene rings is 1. The van der Waals surface area contributed by atoms with Crippen molar-refractivity contribution in [2.24, 2.45) is 5.73 Å². The summed E-state index contributed by atoms with van der Waals surface area (Å²) in [5.41, 5.74) is 7.01. The molecule has 0 heterocycles. The highest BCUT2D eigenvalue weighted by atomic mass is 16.5. The highest BCUT2D eigenvalue weighted by Crippen LogP contribution is 2.31. The molecule has 0 spiro atoms. The normalized spacial score (nSPS) is 19.3. The van der Waals surface area contributed by atoms with Crippen LogP contribution < -0.4 is 16.4 Å². The monoisotopic (exact) mass is 319 g/mol. The van der Waals surface area contributed by atoms with Crippen molar-refractivity contribution in [3.63, 3.8) is 0 Å². The molecule has 2 unspecified atom stereocenters. The summed E-state index contributed by atoms with van der Waals surface area (Å²) in [4.78, 5) is 12.0. The molecular formula is C18H29N3O2. The number of rotatable bonds is 8. The zero-order valence-corrected chi connectivity index (χ0v) is 14.2. The molecule has 4 N–H and O–H groups in total. The topological polar surface area (TPSA) is 76.4 Å². The van der Waals surface area contributed by atoms with E-state index in [1.54, 1.807) is 7.11 Å². The third kappa shape index (κ3) is 5.03. The third-order valence-corrected chi connectivity index (χ3v) is 4.67. The third-order valence-electron chi connectivity index (χ3n) is 4.67. The number of hydrogen-bond donors (Lipinski definition) is 3. The predicted molar refractivity (Wildman–Crippen MR) is 92.1 cm³/mol. The van der Waals surface area contributed by atoms with Crippen molar-refractivity contribution in [2.75, 3.05) is 20.3 Å². The summed E-state index contributed by atoms with van der Waals surface area (Å²) in [5, 5.41) is 6.75. The largest absolute Gasteiger partial charge is 0.383 e. The molecule has 0 aromatic heterocycles. The van der Waals surface area contributed by atoms with Crippen molar-refractivity contribution in [1.29, 1.82) is 0 Å². The fraction of sp³-hybridized carbons (Fsp3) is 0.611. The first-order chi connectivity index (χ1) is 11.1. The van der Waals surface area contributed by atoms with Gasteiger partial charge < -0.3 is 21.1 Å². The molecule has 2 rings (SSSR count). The molecule has 0 saturated heterocycles. The average molecular weight is 319 g/mol. The highest BCUT2D eigenvalue weighted by Gasteiger charge is 2.35. The van der Waals surface area contributed by atoms with Gasteiger partial charge in [-0.15, -0.1) is 0 Å². The van der Waals surface area contributed by atoms with Crippen molar-refractivity contribution in [1.82, 2.24) is 10.6 Å². The lowest BCUT2D eigenvalue weighted by Gasteiger charge is -2.34. The summed E-state index contributed by atoms with van der Waals surface area (Å²) in [6.07, 6.45) is 4.52. The van der Waals surface area contributed by atoms with Gasteiger partial charge >= 0.3 is 0 Å². The van der Waals surface area contributed by atoms with E-state index in [9.17, 15) is 4.79 Å². The molecule has 5 heteroatoms. The Hall–Kier alpha value is -1.43. The van der Waals surface area contributed by atoms with Crippen LogP contribution in [0, 0.1) is 0 Å². The van der Waals surface area contributed by atoms with Crippen molar-refractivity contribution in [3.05, 3.63) is 35.9 Å². The Morgan fingerprint density at radius 2 is 1.96 bits per heavy atom. The zero-order valence-electron chi connectivity index (χ0n) is 14.2. The van der Waals surface area contributed by atoms with Gasteiger partial charge in [-0.3, -0.25) is 4.79 Å². The van der Waals surface area contributed by atoms with Crippen LogP contribution in [-0.4, -0.2) is 37.7 Å². The molecule has 5 nitrogen and oxygen atoms in total. The maximum Gasteiger partial charge on any atom is 0.239 e. The molecule has 23 heavy (non-hydrogen) atoms. The van der Waals surface area contributed by atoms with Crippen LogP contribution in [0.2, 0.25) is 0 Å². The average Bonchev–Trinajstić information content (AvgIpc) is 3.02. The SMILES string of the molecule is COCC(N)C(=O)NCC1(NC(C)c2ccccc2)CCCC1. The lowest BCUT2D eigenvalue weighted by molar-refractivity contribution is -0.123. The Labute approximate surface area is 139 Å². The van der Waals surface area contributed by atoms with Gasteiger partial charge in [-0.1, -0.05) is 43.2 Å². The Morgan fingerprint density at radius 1 is 1.30 bits per heavy atom. The molecule has 2 atom stereocenters. The van der Waals surface area contributed by atoms with E-state index in [0.29, 0.717) is 6.54 Å². The molecule has 0 radical (unpaired) electrons. The number of carbonyl (C=O) groups is 1. The van der Waals surface area contributed by atoms with Crippen LogP contribution in [0.5, 0.6) is 0 Å². The highest BCUT2D eigenvalue weighted by molar-refractivity contribution is 5.81. The molecule has 1 amide bonds. The quantitative estimate of drug-likeness (QED) is 0.682. The second-order valence-corrected chi connectivity index (χ2v) is 6.54. The summed E-state index contributed by atoms with van der Waals surface area (Å²) in [6, 6.07) is 10.0. The van der Waals surface area contributed by atoms with E-state index < -0.39 is 6.04 Å². The standard InChI is InChI=1S/C18H29N3O2/c1-14(15-8-4-3-5-9-15)21-18(10-6-7-11-18)13-20-17(22)16(19)12-23-2/h3-5,8-9,14,16,21H,6-7,10-13,19H2,1-2H3,(H,20,22). The second kappa shape index (κ2) is 8.43. The van der Waals surface area contributed by atoms with Crippen molar-refractivity contribution in [2.45, 2.75) is 50.2 Å². The number of methoxy groups -OCH3 is 1. The van der Waals surface area contributed by atoms with Gasteiger partial charge in [0.2, 0.25) is 5.91 Å². The first-order valence-electron chi connectivity index (χ1n) is 8.41. The maximum absolute atomic E-state index is 12.0. The Balaban J connectivity index is 1.95. The van der Waals surface area contributed by atoms with E-state index >= 15 is 0 Å². The van der Waals surface area contributed by atoms with Gasteiger partial charge in [0.1, 0.15) is 6.04 Å². The van der Waals surface area contributed by atoms with E-state index in [4.69, 9.17) is 10.5 Å². The Morgan fingerprint density at radius 3 is 2.57 bits per heavy atom. The molecule has 128 valence electrons. The minimum absolute atomic E-state index is 0.0439. The molecule has 1 fully saturated rings. The molecule has 0 bridgehead atoms. The van der Waals surface area contributed by atoms with Crippen LogP contribution in [-0.2, 0) is 9.53 Å². The minimum Gasteiger partial charge on any atom is -0.383 e. The number of carbonyl (C=O) groups excluding carboxylic acids is 1. The summed E-state index contributed by atoms with van der Waals surface area (Å²) < 4.78 is 4.94. The molecule has 1 aliphatic carbocycles. The van der Waals surface area contributed by atoms with Crippen LogP contribution in [0.25, 0.3) is 0 Å². The fourth-order valence-electron chi connectivity index (χ4n) is 3.35. The van der Waals surface area contributed by atoms with E-state index in [2.05, 4.69) is 41.8 Å². The smallest absolute Gasteiger partial charge is 0.239 e. The van der Waals surface area contributed by atoms with Gasteiger partial charge in [0.15, 0.2) is 0 Å². The van der Waals surface area contributed by atoms with Gasteiger partial charge in [-0.25, -0.2) is 0 Å². The summed E-state index contributed by atoms with van der Waals surface area (Å²) in [6.45, 7) is 3.03. The fourth-order valence-corrected chi connectivity index (χ4v) is 3.35. The van der Waals surface area contributed by atoms with Gasteiger partial charge in [0.05, 0.1) is 6.61 Å². The van der Waals surface area contributed by atoms with Crippen LogP contribution in [0.1, 0.15) is 44.2 Å². The van der Waals surface area contributed by atoms with Gasteiger partial charge in [0, 0.05) is 25.2 Å². The summed E-state index contributed by atoms with van der Waals surface area (Å²) in [7, 11) is 1.55. The van der Waals surface area contributed by atoms with Crippen molar-refractivity contribution in [3.8, 4) is 0 Å². The van der Waals surface area contributed by atoms with Gasteiger partial charge in [-0.05, 0) is 25.3 Å². The van der Waals surface area contributed by atoms with E-state index in [1.807, 2.05) is 6.07 Å². The molecule has 1 saturated carbocycles. The zero-order chi connectivity index (χ0) is 16.7. The van der Waals surface area contributed by atoms with Crippen LogP contribution >= 0.6 is 0 Å². The van der Waals surface area contributed by atoms with Crippen LogP contribution in [0.3, 0.4) is 0 Å². The number of nitrogens with two attached hydrogens (primary N) is 1. The lowest BCUT2D eigenvalue weighted by Crippen LogP contribution is -2.55. The van der Waals surface area contributed by atoms with Crippen molar-refractivity contribution < 1.29 is 9.53 Å². The maximum atomic E-state index is 12.0. The Kier molecular flexibility index (Phi) is 6.57. The number of nitrogens with one attached hydrogen (secondary N) is 2. The molecule has 1 aromatic rings. The minimum atomic E-state index is -0.606. The number of ether oxygens (including phenoxy) is 1. The lowest BCUT2D eigenvalue weighted by atomic mass is 9.94. The van der Waals surface area contributed by atoms with Gasteiger partial charge in [0.25, 0.3) is 0 Å². The Bertz CT molecular complexity index is 486. The summed E-state index contributed by atoms with van der Waals surface area (Å²) >= 11 is 0. The van der Waals surface area contributed by atoms with Gasteiger partial charge in [-0.2, -0.15) is 0 Å². The summed E-state index contributed by atoms with van der Waals surface area (Å²) in [5.74, 6) is -0.146. The number of hydrogen-bond acceptors (Lipinski definition) is 4. The van der Waals surface area contributed by atoms with Crippen molar-refractivity contribution >= 4 is 5.91 Å². The first-order valence-corrected chi connectivity index (χ1v) is 8.41. The molecule has 1 aliphatic rings. The van der Waals surface area contributed by atoms with Crippen LogP contribution in [0.4, 0.5) is 0 Å². The van der Waals surface area contributed by atoms with Crippen LogP contribution in [0.15, 0.2) is 30.3 Å². The molecular weight excluding hydrogens is 290 g/mol. The van der Waals surface area contributed by atoms with E-state index in [0.717, 1.165) is 12.8 Å². The molecule has 1 aromatic carbocycles. The number of amides is 1. The van der Waals surface area contributed by atoms with E-state index in [-0.39, 0.29) is 24.1 Å². The predicted octanol–water partition coefficient (Wildman–Crippen LogP) is 1.74. The van der Waals surface area contributed by atoms with E-state index in [1.165, 1.54) is 18.4 Å². The first kappa shape index (κ1) is 17.9. The second-order valence-electron chi connectivity index (χ2n) is 6.54.